The quantitative estimate of drug-likeness (QED) is 0.452. The molecule has 76 valence electrons. The third-order valence-corrected chi connectivity index (χ3v) is 1.70. The summed E-state index contributed by atoms with van der Waals surface area (Å²) in [4.78, 5) is 0. The molecule has 0 aliphatic carbocycles. The van der Waals surface area contributed by atoms with E-state index in [2.05, 4.69) is 34.0 Å². The maximum absolute atomic E-state index is 3.60. The maximum Gasteiger partial charge on any atom is -0.0330 e. The molecular formula is C11H27P. The van der Waals surface area contributed by atoms with Crippen molar-refractivity contribution in [2.75, 3.05) is 12.8 Å². The van der Waals surface area contributed by atoms with Crippen molar-refractivity contribution < 1.29 is 0 Å². The highest BCUT2D eigenvalue weighted by molar-refractivity contribution is 7.36. The maximum atomic E-state index is 3.60. The van der Waals surface area contributed by atoms with Gasteiger partial charge in [0.2, 0.25) is 0 Å². The van der Waals surface area contributed by atoms with Gasteiger partial charge >= 0.3 is 0 Å². The molecule has 0 radical (unpaired) electrons. The minimum Gasteiger partial charge on any atom is -0.126 e. The highest BCUT2D eigenvalue weighted by Crippen LogP contribution is 1.96. The van der Waals surface area contributed by atoms with Crippen LogP contribution in [0.25, 0.3) is 0 Å². The van der Waals surface area contributed by atoms with Crippen molar-refractivity contribution in [3.63, 3.8) is 0 Å². The average molecular weight is 190 g/mol. The van der Waals surface area contributed by atoms with Gasteiger partial charge in [-0.15, -0.1) is 15.2 Å². The summed E-state index contributed by atoms with van der Waals surface area (Å²) in [6.45, 7) is 16.4. The van der Waals surface area contributed by atoms with Crippen LogP contribution in [-0.4, -0.2) is 12.8 Å². The van der Waals surface area contributed by atoms with E-state index in [1.165, 1.54) is 6.16 Å². The van der Waals surface area contributed by atoms with E-state index in [-0.39, 0.29) is 0 Å². The van der Waals surface area contributed by atoms with E-state index in [4.69, 9.17) is 0 Å². The van der Waals surface area contributed by atoms with Crippen LogP contribution in [-0.2, 0) is 0 Å². The van der Waals surface area contributed by atoms with E-state index in [0.29, 0.717) is 0 Å². The monoisotopic (exact) mass is 190 g/mol. The van der Waals surface area contributed by atoms with E-state index in [9.17, 15) is 0 Å². The van der Waals surface area contributed by atoms with Crippen LogP contribution in [0.15, 0.2) is 12.7 Å². The molecule has 0 fully saturated rings. The molecule has 0 bridgehead atoms. The molecule has 0 aliphatic rings. The van der Waals surface area contributed by atoms with Crippen LogP contribution in [0.2, 0.25) is 0 Å². The van der Waals surface area contributed by atoms with Crippen molar-refractivity contribution >= 4 is 8.58 Å². The number of hydrogen-bond acceptors (Lipinski definition) is 0. The molecular weight excluding hydrogens is 163 g/mol. The lowest BCUT2D eigenvalue weighted by molar-refractivity contribution is 0.664. The summed E-state index contributed by atoms with van der Waals surface area (Å²) < 4.78 is 0. The van der Waals surface area contributed by atoms with Crippen LogP contribution in [0, 0.1) is 5.92 Å². The molecule has 0 aromatic heterocycles. The molecule has 0 aromatic carbocycles. The predicted octanol–water partition coefficient (Wildman–Crippen LogP) is 4.56. The van der Waals surface area contributed by atoms with Crippen LogP contribution >= 0.6 is 8.58 Å². The van der Waals surface area contributed by atoms with Gasteiger partial charge in [-0.2, -0.15) is 0 Å². The molecule has 0 aromatic rings. The summed E-state index contributed by atoms with van der Waals surface area (Å²) in [5.74, 6) is 0.780. The zero-order chi connectivity index (χ0) is 10.4. The smallest absolute Gasteiger partial charge is 0.0330 e. The number of rotatable bonds is 3. The fourth-order valence-corrected chi connectivity index (χ4v) is 0.333. The molecule has 0 aliphatic heterocycles. The third kappa shape index (κ3) is 49.2. The lowest BCUT2D eigenvalue weighted by atomic mass is 10.1. The van der Waals surface area contributed by atoms with E-state index >= 15 is 0 Å². The Kier molecular flexibility index (Phi) is 33.8. The van der Waals surface area contributed by atoms with Crippen LogP contribution in [0.1, 0.15) is 41.0 Å². The third-order valence-electron chi connectivity index (χ3n) is 0.992. The molecule has 1 atom stereocenters. The van der Waals surface area contributed by atoms with Gasteiger partial charge in [0.25, 0.3) is 0 Å². The summed E-state index contributed by atoms with van der Waals surface area (Å²) in [6.07, 6.45) is 4.44. The Hall–Kier alpha value is 0.170. The predicted molar refractivity (Wildman–Crippen MR) is 65.8 cm³/mol. The Morgan fingerprint density at radius 3 is 1.67 bits per heavy atom. The fourth-order valence-electron chi connectivity index (χ4n) is 0.333. The van der Waals surface area contributed by atoms with Gasteiger partial charge in [0.05, 0.1) is 0 Å². The zero-order valence-corrected chi connectivity index (χ0v) is 10.8. The molecule has 0 nitrogen and oxygen atoms in total. The largest absolute Gasteiger partial charge is 0.126 e. The number of hydrogen-bond donors (Lipinski definition) is 0. The first-order valence-electron chi connectivity index (χ1n) is 4.94. The molecule has 1 unspecified atom stereocenters. The van der Waals surface area contributed by atoms with Crippen molar-refractivity contribution in [1.29, 1.82) is 0 Å². The van der Waals surface area contributed by atoms with Gasteiger partial charge < -0.3 is 0 Å². The standard InChI is InChI=1S/C6H12.C3H9P.C2H6/c1-4-5-6(2)3;1-3-4-2;1-2/h4,6H,1,5H2,2-3H3;4H,3H2,1-2H3;1-2H3. The molecule has 0 amide bonds. The molecule has 0 saturated heterocycles. The lowest BCUT2D eigenvalue weighted by Gasteiger charge is -1.92. The number of allylic oxidation sites excluding steroid dienone is 1. The van der Waals surface area contributed by atoms with E-state index < -0.39 is 0 Å². The minimum atomic E-state index is 0.780. The molecule has 12 heavy (non-hydrogen) atoms. The van der Waals surface area contributed by atoms with E-state index in [0.717, 1.165) is 20.9 Å². The SMILES string of the molecule is C=CCC(C)C.CC.CCPC. The first-order valence-corrected chi connectivity index (χ1v) is 6.65. The zero-order valence-electron chi connectivity index (χ0n) is 9.78. The molecule has 0 spiro atoms. The van der Waals surface area contributed by atoms with Crippen molar-refractivity contribution in [2.24, 2.45) is 5.92 Å². The van der Waals surface area contributed by atoms with Gasteiger partial charge in [0, 0.05) is 0 Å². The van der Waals surface area contributed by atoms with Gasteiger partial charge in [-0.25, -0.2) is 0 Å². The second-order valence-electron chi connectivity index (χ2n) is 2.63. The Balaban J connectivity index is -0.000000118. The summed E-state index contributed by atoms with van der Waals surface area (Å²) in [5.41, 5.74) is 0. The topological polar surface area (TPSA) is 0 Å². The van der Waals surface area contributed by atoms with Crippen molar-refractivity contribution in [3.8, 4) is 0 Å². The average Bonchev–Trinajstić information content (AvgIpc) is 2.08. The van der Waals surface area contributed by atoms with Crippen molar-refractivity contribution in [2.45, 2.75) is 41.0 Å². The minimum absolute atomic E-state index is 0.780. The van der Waals surface area contributed by atoms with Gasteiger partial charge in [0.1, 0.15) is 0 Å². The Morgan fingerprint density at radius 2 is 1.67 bits per heavy atom. The summed E-state index contributed by atoms with van der Waals surface area (Å²) in [6, 6.07) is 0. The van der Waals surface area contributed by atoms with Crippen molar-refractivity contribution in [1.82, 2.24) is 0 Å². The van der Waals surface area contributed by atoms with Crippen molar-refractivity contribution in [3.05, 3.63) is 12.7 Å². The second kappa shape index (κ2) is 22.5. The van der Waals surface area contributed by atoms with Gasteiger partial charge in [0.15, 0.2) is 0 Å². The molecule has 0 saturated carbocycles. The fraction of sp³-hybridized carbons (Fsp3) is 0.818. The first kappa shape index (κ1) is 18.1. The van der Waals surface area contributed by atoms with Crippen LogP contribution in [0.5, 0.6) is 0 Å². The van der Waals surface area contributed by atoms with Crippen LogP contribution in [0.4, 0.5) is 0 Å². The Morgan fingerprint density at radius 1 is 1.33 bits per heavy atom. The van der Waals surface area contributed by atoms with Crippen LogP contribution in [0.3, 0.4) is 0 Å². The highest BCUT2D eigenvalue weighted by Gasteiger charge is 1.82. The molecule has 1 heteroatoms. The first-order chi connectivity index (χ1) is 5.68. The van der Waals surface area contributed by atoms with Gasteiger partial charge in [-0.05, 0) is 25.2 Å². The summed E-state index contributed by atoms with van der Waals surface area (Å²) in [7, 11) is 1.14. The molecule has 0 N–H and O–H groups in total. The Bertz CT molecular complexity index is 56.0. The normalized spacial score (nSPS) is 8.58. The lowest BCUT2D eigenvalue weighted by Crippen LogP contribution is -1.78. The van der Waals surface area contributed by atoms with E-state index in [1.807, 2.05) is 19.9 Å². The highest BCUT2D eigenvalue weighted by atomic mass is 31.1. The second-order valence-corrected chi connectivity index (χ2v) is 4.04. The van der Waals surface area contributed by atoms with Gasteiger partial charge in [-0.1, -0.05) is 40.7 Å². The van der Waals surface area contributed by atoms with E-state index in [1.54, 1.807) is 0 Å². The summed E-state index contributed by atoms with van der Waals surface area (Å²) >= 11 is 0. The van der Waals surface area contributed by atoms with Crippen LogP contribution < -0.4 is 0 Å². The molecule has 0 rings (SSSR count). The summed E-state index contributed by atoms with van der Waals surface area (Å²) in [5, 5.41) is 0. The van der Waals surface area contributed by atoms with Gasteiger partial charge in [-0.3, -0.25) is 0 Å². The molecule has 0 heterocycles. The Labute approximate surface area is 81.6 Å².